The van der Waals surface area contributed by atoms with Crippen molar-refractivity contribution >= 4 is 39.3 Å². The molecule has 1 unspecified atom stereocenters. The standard InChI is InChI=1S/C33H31N3O7S/c37-31(38)28(34-32(39)43-21-23-6-2-1-3-7-23)19-22-10-13-26(14-11-22)42-17-16-36-29-15-12-24(20-30(29)44-33(36)40)18-25-8-4-5-9-27(25)35-41/h1-8,10-15,20,28,41H,9,16-19,21H2,(H,34,39)(H,37,38). The van der Waals surface area contributed by atoms with Crippen molar-refractivity contribution in [1.29, 1.82) is 0 Å². The number of nitrogens with one attached hydrogen (secondary N) is 1. The summed E-state index contributed by atoms with van der Waals surface area (Å²) >= 11 is 1.18. The second-order valence-electron chi connectivity index (χ2n) is 10.2. The summed E-state index contributed by atoms with van der Waals surface area (Å²) in [6.07, 6.45) is 6.27. The lowest BCUT2D eigenvalue weighted by Crippen LogP contribution is -2.42. The number of rotatable bonds is 12. The average molecular weight is 614 g/mol. The number of hydrogen-bond donors (Lipinski definition) is 3. The molecule has 0 saturated carbocycles. The van der Waals surface area contributed by atoms with Crippen LogP contribution in [0.25, 0.3) is 10.2 Å². The highest BCUT2D eigenvalue weighted by molar-refractivity contribution is 7.16. The summed E-state index contributed by atoms with van der Waals surface area (Å²) in [4.78, 5) is 36.6. The number of nitrogens with zero attached hydrogens (tertiary/aromatic N) is 2. The van der Waals surface area contributed by atoms with Gasteiger partial charge < -0.3 is 25.1 Å². The van der Waals surface area contributed by atoms with Crippen LogP contribution < -0.4 is 14.9 Å². The van der Waals surface area contributed by atoms with Crippen LogP contribution in [0.3, 0.4) is 0 Å². The molecule has 1 heterocycles. The van der Waals surface area contributed by atoms with E-state index in [0.29, 0.717) is 36.4 Å². The lowest BCUT2D eigenvalue weighted by atomic mass is 9.96. The van der Waals surface area contributed by atoms with Crippen LogP contribution in [0.1, 0.15) is 23.1 Å². The topological polar surface area (TPSA) is 139 Å². The number of thiazole rings is 1. The predicted octanol–water partition coefficient (Wildman–Crippen LogP) is 5.32. The van der Waals surface area contributed by atoms with Crippen molar-refractivity contribution in [2.24, 2.45) is 5.16 Å². The molecule has 1 amide bonds. The zero-order valence-corrected chi connectivity index (χ0v) is 24.5. The summed E-state index contributed by atoms with van der Waals surface area (Å²) in [7, 11) is 0. The molecule has 44 heavy (non-hydrogen) atoms. The molecule has 3 aromatic carbocycles. The third kappa shape index (κ3) is 7.81. The molecule has 1 aliphatic carbocycles. The number of amides is 1. The van der Waals surface area contributed by atoms with Crippen molar-refractivity contribution in [2.75, 3.05) is 6.61 Å². The van der Waals surface area contributed by atoms with E-state index in [1.807, 2.05) is 66.8 Å². The Bertz CT molecular complexity index is 1770. The Labute approximate surface area is 257 Å². The van der Waals surface area contributed by atoms with Gasteiger partial charge in [-0.3, -0.25) is 9.36 Å². The number of carboxylic acids is 1. The summed E-state index contributed by atoms with van der Waals surface area (Å²) in [5, 5.41) is 24.7. The largest absolute Gasteiger partial charge is 0.492 e. The maximum atomic E-state index is 12.7. The third-order valence-corrected chi connectivity index (χ3v) is 8.05. The normalized spacial score (nSPS) is 14.3. The first-order chi connectivity index (χ1) is 21.4. The second kappa shape index (κ2) is 14.3. The van der Waals surface area contributed by atoms with E-state index in [-0.39, 0.29) is 24.5 Å². The molecule has 1 atom stereocenters. The number of allylic oxidation sites excluding steroid dienone is 4. The third-order valence-electron chi connectivity index (χ3n) is 7.11. The summed E-state index contributed by atoms with van der Waals surface area (Å²) in [5.41, 5.74) is 4.92. The molecule has 0 fully saturated rings. The molecule has 11 heteroatoms. The number of aromatic nitrogens is 1. The Balaban J connectivity index is 1.13. The molecule has 4 aromatic rings. The van der Waals surface area contributed by atoms with E-state index < -0.39 is 18.1 Å². The van der Waals surface area contributed by atoms with Gasteiger partial charge in [-0.05, 0) is 52.9 Å². The first-order valence-corrected chi connectivity index (χ1v) is 14.8. The summed E-state index contributed by atoms with van der Waals surface area (Å²) in [5.74, 6) is -0.601. The molecule has 0 saturated heterocycles. The predicted molar refractivity (Wildman–Crippen MR) is 168 cm³/mol. The molecule has 10 nitrogen and oxygen atoms in total. The number of carboxylic acid groups (broad SMARTS) is 1. The first-order valence-electron chi connectivity index (χ1n) is 14.0. The fourth-order valence-electron chi connectivity index (χ4n) is 4.83. The van der Waals surface area contributed by atoms with Crippen LogP contribution in [0.15, 0.2) is 107 Å². The number of carbonyl (C=O) groups is 2. The molecule has 0 spiro atoms. The Hall–Kier alpha value is -5.16. The smallest absolute Gasteiger partial charge is 0.408 e. The maximum Gasteiger partial charge on any atom is 0.408 e. The SMILES string of the molecule is O=C(NC(Cc1ccc(OCCn2c(=O)sc3cc(CC4=CC=CCC4=NO)ccc32)cc1)C(=O)O)OCc1ccccc1. The summed E-state index contributed by atoms with van der Waals surface area (Å²) in [6, 6.07) is 20.8. The minimum atomic E-state index is -1.17. The van der Waals surface area contributed by atoms with Crippen LogP contribution in [0.5, 0.6) is 5.75 Å². The zero-order chi connectivity index (χ0) is 30.9. The van der Waals surface area contributed by atoms with Gasteiger partial charge in [0.15, 0.2) is 0 Å². The lowest BCUT2D eigenvalue weighted by Gasteiger charge is -2.15. The highest BCUT2D eigenvalue weighted by Crippen LogP contribution is 2.23. The fraction of sp³-hybridized carbons (Fsp3) is 0.212. The Morgan fingerprint density at radius 2 is 1.80 bits per heavy atom. The van der Waals surface area contributed by atoms with Crippen LogP contribution in [0.4, 0.5) is 4.79 Å². The fourth-order valence-corrected chi connectivity index (χ4v) is 5.81. The monoisotopic (exact) mass is 613 g/mol. The lowest BCUT2D eigenvalue weighted by molar-refractivity contribution is -0.139. The van der Waals surface area contributed by atoms with Crippen molar-refractivity contribution in [3.05, 3.63) is 123 Å². The van der Waals surface area contributed by atoms with Crippen molar-refractivity contribution < 1.29 is 29.4 Å². The summed E-state index contributed by atoms with van der Waals surface area (Å²) < 4.78 is 13.6. The molecule has 0 radical (unpaired) electrons. The van der Waals surface area contributed by atoms with Gasteiger partial charge >= 0.3 is 16.9 Å². The van der Waals surface area contributed by atoms with E-state index in [4.69, 9.17) is 9.47 Å². The number of hydrogen-bond acceptors (Lipinski definition) is 8. The number of oxime groups is 1. The highest BCUT2D eigenvalue weighted by atomic mass is 32.1. The maximum absolute atomic E-state index is 12.7. The Morgan fingerprint density at radius 1 is 1.02 bits per heavy atom. The zero-order valence-electron chi connectivity index (χ0n) is 23.7. The van der Waals surface area contributed by atoms with Gasteiger partial charge in [-0.25, -0.2) is 9.59 Å². The second-order valence-corrected chi connectivity index (χ2v) is 11.2. The van der Waals surface area contributed by atoms with Gasteiger partial charge in [0.1, 0.15) is 25.0 Å². The van der Waals surface area contributed by atoms with E-state index in [1.165, 1.54) is 11.3 Å². The number of ether oxygens (including phenoxy) is 2. The van der Waals surface area contributed by atoms with Gasteiger partial charge in [0.25, 0.3) is 0 Å². The van der Waals surface area contributed by atoms with Gasteiger partial charge in [-0.2, -0.15) is 0 Å². The highest BCUT2D eigenvalue weighted by Gasteiger charge is 2.21. The van der Waals surface area contributed by atoms with Crippen molar-refractivity contribution in [3.8, 4) is 5.75 Å². The van der Waals surface area contributed by atoms with Crippen molar-refractivity contribution in [3.63, 3.8) is 0 Å². The van der Waals surface area contributed by atoms with Crippen LogP contribution in [-0.2, 0) is 35.5 Å². The number of fused-ring (bicyclic) bond motifs is 1. The van der Waals surface area contributed by atoms with Crippen molar-refractivity contribution in [1.82, 2.24) is 9.88 Å². The van der Waals surface area contributed by atoms with Crippen LogP contribution in [0.2, 0.25) is 0 Å². The molecule has 1 aliphatic rings. The van der Waals surface area contributed by atoms with Crippen LogP contribution in [-0.4, -0.2) is 45.3 Å². The molecule has 5 rings (SSSR count). The van der Waals surface area contributed by atoms with Gasteiger partial charge in [0.05, 0.1) is 22.5 Å². The van der Waals surface area contributed by atoms with E-state index in [1.54, 1.807) is 28.8 Å². The van der Waals surface area contributed by atoms with E-state index in [0.717, 1.165) is 26.9 Å². The van der Waals surface area contributed by atoms with E-state index in [9.17, 15) is 24.7 Å². The van der Waals surface area contributed by atoms with E-state index >= 15 is 0 Å². The van der Waals surface area contributed by atoms with Gasteiger partial charge in [-0.1, -0.05) is 83.3 Å². The van der Waals surface area contributed by atoms with Gasteiger partial charge in [-0.15, -0.1) is 0 Å². The van der Waals surface area contributed by atoms with Crippen LogP contribution in [0, 0.1) is 0 Å². The molecule has 1 aromatic heterocycles. The molecular formula is C33H31N3O7S. The molecule has 0 aliphatic heterocycles. The minimum Gasteiger partial charge on any atom is -0.492 e. The number of aliphatic carboxylic acids is 1. The number of carbonyl (C=O) groups excluding carboxylic acids is 1. The van der Waals surface area contributed by atoms with E-state index in [2.05, 4.69) is 10.5 Å². The van der Waals surface area contributed by atoms with Gasteiger partial charge in [0, 0.05) is 12.8 Å². The Morgan fingerprint density at radius 3 is 2.55 bits per heavy atom. The molecule has 226 valence electrons. The first kappa shape index (κ1) is 30.3. The van der Waals surface area contributed by atoms with Crippen molar-refractivity contribution in [2.45, 2.75) is 38.5 Å². The minimum absolute atomic E-state index is 0.0394. The molecule has 3 N–H and O–H groups in total. The molecule has 0 bridgehead atoms. The van der Waals surface area contributed by atoms with Gasteiger partial charge in [0.2, 0.25) is 0 Å². The Kier molecular flexibility index (Phi) is 9.88. The molecular weight excluding hydrogens is 582 g/mol. The number of benzene rings is 3. The summed E-state index contributed by atoms with van der Waals surface area (Å²) in [6.45, 7) is 0.653. The average Bonchev–Trinajstić information content (AvgIpc) is 3.35. The quantitative estimate of drug-likeness (QED) is 0.145. The number of alkyl carbamates (subject to hydrolysis) is 1. The van der Waals surface area contributed by atoms with Crippen LogP contribution >= 0.6 is 11.3 Å².